The van der Waals surface area contributed by atoms with E-state index in [1.54, 1.807) is 68.2 Å². The molecule has 0 aliphatic heterocycles. The first-order valence-corrected chi connectivity index (χ1v) is 11.5. The van der Waals surface area contributed by atoms with Crippen LogP contribution in [0.15, 0.2) is 96.4 Å². The number of hydrogen-bond acceptors (Lipinski definition) is 5. The maximum Gasteiger partial charge on any atom is 0.264 e. The largest absolute Gasteiger partial charge is 0.497 e. The summed E-state index contributed by atoms with van der Waals surface area (Å²) in [6.45, 7) is 0. The molecule has 168 valence electrons. The predicted octanol–water partition coefficient (Wildman–Crippen LogP) is 3.96. The lowest BCUT2D eigenvalue weighted by Gasteiger charge is -2.20. The highest BCUT2D eigenvalue weighted by molar-refractivity contribution is 7.92. The molecule has 0 bridgehead atoms. The molecule has 4 aromatic rings. The van der Waals surface area contributed by atoms with Gasteiger partial charge in [-0.15, -0.1) is 0 Å². The number of carbonyl (C=O) groups excluding carboxylic acids is 1. The molecule has 1 N–H and O–H groups in total. The quantitative estimate of drug-likeness (QED) is 0.449. The summed E-state index contributed by atoms with van der Waals surface area (Å²) < 4.78 is 34.4. The smallest absolute Gasteiger partial charge is 0.264 e. The lowest BCUT2D eigenvalue weighted by Crippen LogP contribution is -2.26. The van der Waals surface area contributed by atoms with E-state index in [1.165, 1.54) is 19.2 Å². The van der Waals surface area contributed by atoms with Crippen molar-refractivity contribution in [2.75, 3.05) is 23.8 Å². The Bertz CT molecular complexity index is 1350. The Labute approximate surface area is 192 Å². The molecule has 0 saturated carbocycles. The van der Waals surface area contributed by atoms with E-state index in [2.05, 4.69) is 10.3 Å². The van der Waals surface area contributed by atoms with Crippen molar-refractivity contribution in [1.82, 2.24) is 9.55 Å². The van der Waals surface area contributed by atoms with E-state index in [0.717, 1.165) is 9.99 Å². The molecule has 0 radical (unpaired) electrons. The van der Waals surface area contributed by atoms with Crippen LogP contribution in [0.5, 0.6) is 5.75 Å². The third kappa shape index (κ3) is 4.73. The Kier molecular flexibility index (Phi) is 6.14. The summed E-state index contributed by atoms with van der Waals surface area (Å²) in [5.74, 6) is 0.218. The number of amides is 1. The van der Waals surface area contributed by atoms with Gasteiger partial charge in [-0.2, -0.15) is 0 Å². The second-order valence-electron chi connectivity index (χ2n) is 7.17. The van der Waals surface area contributed by atoms with Crippen molar-refractivity contribution in [2.45, 2.75) is 4.90 Å². The third-order valence-electron chi connectivity index (χ3n) is 5.12. The number of ether oxygens (including phenoxy) is 1. The van der Waals surface area contributed by atoms with Crippen LogP contribution in [0.1, 0.15) is 10.4 Å². The first-order chi connectivity index (χ1) is 15.9. The van der Waals surface area contributed by atoms with Crippen molar-refractivity contribution in [2.24, 2.45) is 0 Å². The van der Waals surface area contributed by atoms with E-state index in [0.29, 0.717) is 17.1 Å². The Hall–Kier alpha value is -4.11. The number of imidazole rings is 1. The average molecular weight is 463 g/mol. The normalized spacial score (nSPS) is 11.1. The fourth-order valence-corrected chi connectivity index (χ4v) is 4.46. The molecule has 0 saturated heterocycles. The van der Waals surface area contributed by atoms with Crippen LogP contribution in [-0.2, 0) is 10.0 Å². The highest BCUT2D eigenvalue weighted by Crippen LogP contribution is 2.25. The maximum absolute atomic E-state index is 13.1. The van der Waals surface area contributed by atoms with E-state index in [9.17, 15) is 13.2 Å². The Morgan fingerprint density at radius 2 is 1.76 bits per heavy atom. The first kappa shape index (κ1) is 22.1. The summed E-state index contributed by atoms with van der Waals surface area (Å²) >= 11 is 0. The zero-order valence-electron chi connectivity index (χ0n) is 18.0. The van der Waals surface area contributed by atoms with E-state index in [4.69, 9.17) is 4.74 Å². The van der Waals surface area contributed by atoms with E-state index in [-0.39, 0.29) is 10.5 Å². The Balaban J connectivity index is 1.52. The summed E-state index contributed by atoms with van der Waals surface area (Å²) in [6, 6.07) is 19.9. The van der Waals surface area contributed by atoms with Crippen molar-refractivity contribution in [1.29, 1.82) is 0 Å². The van der Waals surface area contributed by atoms with E-state index < -0.39 is 15.9 Å². The van der Waals surface area contributed by atoms with Gasteiger partial charge in [0.1, 0.15) is 5.75 Å². The topological polar surface area (TPSA) is 93.5 Å². The lowest BCUT2D eigenvalue weighted by atomic mass is 10.2. The second-order valence-corrected chi connectivity index (χ2v) is 9.14. The molecule has 0 unspecified atom stereocenters. The standard InChI is InChI=1S/C24H22N4O4S/c1-27(20-10-12-22(32-2)13-11-20)33(30,31)23-5-3-4-18(16-23)24(29)26-19-6-8-21(9-7-19)28-15-14-25-17-28/h3-17H,1-2H3,(H,26,29). The number of aromatic nitrogens is 2. The number of nitrogens with zero attached hydrogens (tertiary/aromatic N) is 3. The van der Waals surface area contributed by atoms with Crippen LogP contribution in [-0.4, -0.2) is 38.0 Å². The minimum atomic E-state index is -3.87. The van der Waals surface area contributed by atoms with Gasteiger partial charge < -0.3 is 14.6 Å². The molecule has 8 nitrogen and oxygen atoms in total. The van der Waals surface area contributed by atoms with Gasteiger partial charge in [0.25, 0.3) is 15.9 Å². The van der Waals surface area contributed by atoms with Crippen LogP contribution < -0.4 is 14.4 Å². The van der Waals surface area contributed by atoms with Gasteiger partial charge in [-0.25, -0.2) is 13.4 Å². The molecule has 1 heterocycles. The number of carbonyl (C=O) groups is 1. The Morgan fingerprint density at radius 1 is 1.03 bits per heavy atom. The molecular weight excluding hydrogens is 440 g/mol. The fourth-order valence-electron chi connectivity index (χ4n) is 3.22. The van der Waals surface area contributed by atoms with Crippen molar-refractivity contribution in [3.63, 3.8) is 0 Å². The first-order valence-electron chi connectivity index (χ1n) is 10.0. The van der Waals surface area contributed by atoms with Gasteiger partial charge in [-0.05, 0) is 66.7 Å². The van der Waals surface area contributed by atoms with Crippen LogP contribution >= 0.6 is 0 Å². The summed E-state index contributed by atoms with van der Waals surface area (Å²) in [5.41, 5.74) is 2.20. The summed E-state index contributed by atoms with van der Waals surface area (Å²) in [5, 5.41) is 2.80. The number of methoxy groups -OCH3 is 1. The molecule has 0 spiro atoms. The van der Waals surface area contributed by atoms with Crippen molar-refractivity contribution < 1.29 is 17.9 Å². The zero-order chi connectivity index (χ0) is 23.4. The number of hydrogen-bond donors (Lipinski definition) is 1. The number of nitrogens with one attached hydrogen (secondary N) is 1. The molecule has 0 atom stereocenters. The molecule has 1 amide bonds. The molecule has 3 aromatic carbocycles. The molecular formula is C24H22N4O4S. The Morgan fingerprint density at radius 3 is 2.39 bits per heavy atom. The zero-order valence-corrected chi connectivity index (χ0v) is 18.9. The average Bonchev–Trinajstić information content (AvgIpc) is 3.39. The second kappa shape index (κ2) is 9.17. The third-order valence-corrected chi connectivity index (χ3v) is 6.90. The monoisotopic (exact) mass is 462 g/mol. The maximum atomic E-state index is 13.1. The predicted molar refractivity (Wildman–Crippen MR) is 127 cm³/mol. The van der Waals surface area contributed by atoms with E-state index >= 15 is 0 Å². The van der Waals surface area contributed by atoms with Crippen LogP contribution in [0.3, 0.4) is 0 Å². The molecule has 9 heteroatoms. The van der Waals surface area contributed by atoms with Gasteiger partial charge in [0.05, 0.1) is 24.0 Å². The lowest BCUT2D eigenvalue weighted by molar-refractivity contribution is 0.102. The number of anilines is 2. The molecule has 4 rings (SSSR count). The molecule has 0 fully saturated rings. The fraction of sp³-hybridized carbons (Fsp3) is 0.0833. The van der Waals surface area contributed by atoms with Gasteiger partial charge >= 0.3 is 0 Å². The van der Waals surface area contributed by atoms with Gasteiger partial charge in [0.2, 0.25) is 0 Å². The van der Waals surface area contributed by atoms with Crippen LogP contribution in [0.2, 0.25) is 0 Å². The van der Waals surface area contributed by atoms with Gasteiger partial charge in [0.15, 0.2) is 0 Å². The van der Waals surface area contributed by atoms with Crippen LogP contribution in [0.25, 0.3) is 5.69 Å². The van der Waals surface area contributed by atoms with Gasteiger partial charge in [-0.3, -0.25) is 9.10 Å². The summed E-state index contributed by atoms with van der Waals surface area (Å²) in [7, 11) is -0.862. The molecule has 0 aliphatic rings. The van der Waals surface area contributed by atoms with Gasteiger partial charge in [-0.1, -0.05) is 6.07 Å². The van der Waals surface area contributed by atoms with Crippen LogP contribution in [0, 0.1) is 0 Å². The molecule has 0 aliphatic carbocycles. The number of sulfonamides is 1. The SMILES string of the molecule is COc1ccc(N(C)S(=O)(=O)c2cccc(C(=O)Nc3ccc(-n4ccnc4)cc3)c2)cc1. The van der Waals surface area contributed by atoms with Crippen molar-refractivity contribution in [3.8, 4) is 11.4 Å². The molecule has 1 aromatic heterocycles. The number of benzene rings is 3. The summed E-state index contributed by atoms with van der Waals surface area (Å²) in [6.07, 6.45) is 5.19. The van der Waals surface area contributed by atoms with Crippen molar-refractivity contribution in [3.05, 3.63) is 97.1 Å². The highest BCUT2D eigenvalue weighted by atomic mass is 32.2. The minimum absolute atomic E-state index is 0.0175. The van der Waals surface area contributed by atoms with E-state index in [1.807, 2.05) is 22.9 Å². The highest BCUT2D eigenvalue weighted by Gasteiger charge is 2.22. The van der Waals surface area contributed by atoms with Crippen molar-refractivity contribution >= 4 is 27.3 Å². The van der Waals surface area contributed by atoms with Crippen LogP contribution in [0.4, 0.5) is 11.4 Å². The number of rotatable bonds is 7. The van der Waals surface area contributed by atoms with Gasteiger partial charge in [0, 0.05) is 36.4 Å². The molecule has 33 heavy (non-hydrogen) atoms. The summed E-state index contributed by atoms with van der Waals surface area (Å²) in [4.78, 5) is 16.8. The minimum Gasteiger partial charge on any atom is -0.497 e.